The molecule has 0 saturated heterocycles. The predicted molar refractivity (Wildman–Crippen MR) is 103 cm³/mol. The van der Waals surface area contributed by atoms with Crippen molar-refractivity contribution < 1.29 is 18.0 Å². The number of oxazole rings is 1. The maximum atomic E-state index is 14.7. The van der Waals surface area contributed by atoms with E-state index in [1.165, 1.54) is 19.7 Å². The van der Waals surface area contributed by atoms with Crippen LogP contribution in [-0.4, -0.2) is 34.4 Å². The minimum atomic E-state index is -1.12. The molecule has 0 bridgehead atoms. The van der Waals surface area contributed by atoms with Crippen LogP contribution in [0.1, 0.15) is 15.9 Å². The Morgan fingerprint density at radius 3 is 2.83 bits per heavy atom. The number of hydrogen-bond donors (Lipinski definition) is 4. The summed E-state index contributed by atoms with van der Waals surface area (Å²) in [6.45, 7) is 0. The number of amides is 1. The fraction of sp³-hybridized carbons (Fsp3) is 0.0526. The lowest BCUT2D eigenvalue weighted by Gasteiger charge is -2.12. The number of anilines is 2. The smallest absolute Gasteiger partial charge is 0.261 e. The third-order valence-electron chi connectivity index (χ3n) is 4.39. The van der Waals surface area contributed by atoms with E-state index in [1.54, 1.807) is 18.2 Å². The summed E-state index contributed by atoms with van der Waals surface area (Å²) in [6.07, 6.45) is 3.41. The number of aromatic nitrogens is 3. The number of hydrogen-bond acceptors (Lipinski definition) is 6. The first-order valence-corrected chi connectivity index (χ1v) is 8.41. The Balaban J connectivity index is 1.71. The van der Waals surface area contributed by atoms with Gasteiger partial charge < -0.3 is 20.5 Å². The van der Waals surface area contributed by atoms with Gasteiger partial charge in [0, 0.05) is 30.0 Å². The molecule has 10 heteroatoms. The third-order valence-corrected chi connectivity index (χ3v) is 4.39. The highest BCUT2D eigenvalue weighted by Crippen LogP contribution is 2.29. The molecule has 29 heavy (non-hydrogen) atoms. The molecule has 146 valence electrons. The Kier molecular flexibility index (Phi) is 4.51. The van der Waals surface area contributed by atoms with Crippen LogP contribution in [0.2, 0.25) is 0 Å². The molecule has 0 aliphatic carbocycles. The van der Waals surface area contributed by atoms with E-state index in [-0.39, 0.29) is 11.3 Å². The second kappa shape index (κ2) is 7.15. The second-order valence-electron chi connectivity index (χ2n) is 6.06. The van der Waals surface area contributed by atoms with Gasteiger partial charge in [-0.05, 0) is 24.3 Å². The Bertz CT molecular complexity index is 1230. The molecule has 4 aromatic rings. The Labute approximate surface area is 162 Å². The molecule has 0 aliphatic rings. The van der Waals surface area contributed by atoms with Crippen LogP contribution in [0.25, 0.3) is 22.3 Å². The number of H-pyrrole nitrogens is 1. The first kappa shape index (κ1) is 18.3. The highest BCUT2D eigenvalue weighted by atomic mass is 19.1. The van der Waals surface area contributed by atoms with Gasteiger partial charge in [-0.2, -0.15) is 5.10 Å². The van der Waals surface area contributed by atoms with Crippen molar-refractivity contribution in [2.75, 3.05) is 17.7 Å². The number of carbonyl (C=O) groups excluding carboxylic acids is 1. The van der Waals surface area contributed by atoms with Gasteiger partial charge in [0.05, 0.1) is 11.1 Å². The number of nitrogens with one attached hydrogen (secondary N) is 4. The van der Waals surface area contributed by atoms with Crippen molar-refractivity contribution in [3.05, 3.63) is 59.7 Å². The molecular weight excluding hydrogens is 382 g/mol. The van der Waals surface area contributed by atoms with Crippen LogP contribution in [0.5, 0.6) is 0 Å². The molecule has 4 N–H and O–H groups in total. The summed E-state index contributed by atoms with van der Waals surface area (Å²) >= 11 is 0. The topological polar surface area (TPSA) is 120 Å². The fourth-order valence-electron chi connectivity index (χ4n) is 3.00. The molecule has 2 aromatic carbocycles. The summed E-state index contributed by atoms with van der Waals surface area (Å²) in [5, 5.41) is 20.1. The Hall–Kier alpha value is -4.08. The van der Waals surface area contributed by atoms with Gasteiger partial charge in [-0.1, -0.05) is 0 Å². The van der Waals surface area contributed by atoms with Gasteiger partial charge in [0.25, 0.3) is 5.91 Å². The zero-order chi connectivity index (χ0) is 20.5. The van der Waals surface area contributed by atoms with E-state index in [9.17, 15) is 13.6 Å². The summed E-state index contributed by atoms with van der Waals surface area (Å²) in [4.78, 5) is 16.6. The first-order chi connectivity index (χ1) is 14.0. The van der Waals surface area contributed by atoms with E-state index >= 15 is 0 Å². The highest BCUT2D eigenvalue weighted by molar-refractivity contribution is 6.07. The standard InChI is InChI=1S/C19H14F2N6O2/c1-23-14-5-12(20)16(17(21)11(14)6-22)19(28)25-9-2-3-13-10(4-9)18(27-26-13)15-7-29-8-24-15/h2-8,22-23H,1H3,(H,25,28)(H,26,27). The molecule has 1 amide bonds. The van der Waals surface area contributed by atoms with Crippen molar-refractivity contribution in [2.45, 2.75) is 0 Å². The number of rotatable bonds is 5. The summed E-state index contributed by atoms with van der Waals surface area (Å²) in [5.74, 6) is -3.13. The minimum Gasteiger partial charge on any atom is -0.451 e. The Morgan fingerprint density at radius 2 is 2.14 bits per heavy atom. The van der Waals surface area contributed by atoms with Crippen molar-refractivity contribution >= 4 is 34.4 Å². The van der Waals surface area contributed by atoms with Gasteiger partial charge in [0.1, 0.15) is 34.8 Å². The van der Waals surface area contributed by atoms with E-state index in [0.717, 1.165) is 12.3 Å². The highest BCUT2D eigenvalue weighted by Gasteiger charge is 2.23. The summed E-state index contributed by atoms with van der Waals surface area (Å²) in [5.41, 5.74) is 1.08. The van der Waals surface area contributed by atoms with Crippen LogP contribution >= 0.6 is 0 Å². The van der Waals surface area contributed by atoms with Gasteiger partial charge in [0.15, 0.2) is 6.39 Å². The normalized spacial score (nSPS) is 10.9. The molecule has 2 heterocycles. The zero-order valence-corrected chi connectivity index (χ0v) is 15.0. The molecule has 0 spiro atoms. The number of aromatic amines is 1. The van der Waals surface area contributed by atoms with Crippen molar-refractivity contribution in [2.24, 2.45) is 0 Å². The number of fused-ring (bicyclic) bond motifs is 1. The van der Waals surface area contributed by atoms with E-state index < -0.39 is 23.1 Å². The van der Waals surface area contributed by atoms with Crippen molar-refractivity contribution in [1.29, 1.82) is 5.41 Å². The summed E-state index contributed by atoms with van der Waals surface area (Å²) in [6, 6.07) is 5.82. The van der Waals surface area contributed by atoms with Crippen molar-refractivity contribution in [3.8, 4) is 11.4 Å². The number of nitrogens with zero attached hydrogens (tertiary/aromatic N) is 2. The molecular formula is C19H14F2N6O2. The third kappa shape index (κ3) is 3.10. The number of benzene rings is 2. The van der Waals surface area contributed by atoms with Gasteiger partial charge >= 0.3 is 0 Å². The molecule has 4 rings (SSSR count). The van der Waals surface area contributed by atoms with Crippen LogP contribution < -0.4 is 10.6 Å². The quantitative estimate of drug-likeness (QED) is 0.383. The number of halogens is 2. The van der Waals surface area contributed by atoms with E-state index in [1.807, 2.05) is 0 Å². The average molecular weight is 396 g/mol. The lowest BCUT2D eigenvalue weighted by molar-refractivity contribution is 0.101. The molecule has 0 radical (unpaired) electrons. The minimum absolute atomic E-state index is 0.0728. The van der Waals surface area contributed by atoms with Gasteiger partial charge in [0.2, 0.25) is 0 Å². The average Bonchev–Trinajstić information content (AvgIpc) is 3.36. The van der Waals surface area contributed by atoms with E-state index in [4.69, 9.17) is 9.83 Å². The second-order valence-corrected chi connectivity index (χ2v) is 6.06. The predicted octanol–water partition coefficient (Wildman–Crippen LogP) is 3.79. The van der Waals surface area contributed by atoms with Gasteiger partial charge in [-0.15, -0.1) is 0 Å². The molecule has 0 unspecified atom stereocenters. The van der Waals surface area contributed by atoms with Gasteiger partial charge in [-0.3, -0.25) is 9.89 Å². The summed E-state index contributed by atoms with van der Waals surface area (Å²) < 4.78 is 34.0. The molecule has 8 nitrogen and oxygen atoms in total. The van der Waals surface area contributed by atoms with E-state index in [0.29, 0.717) is 28.0 Å². The number of carbonyl (C=O) groups is 1. The maximum absolute atomic E-state index is 14.7. The van der Waals surface area contributed by atoms with Crippen LogP contribution in [-0.2, 0) is 0 Å². The molecule has 2 aromatic heterocycles. The van der Waals surface area contributed by atoms with Crippen molar-refractivity contribution in [1.82, 2.24) is 15.2 Å². The molecule has 0 atom stereocenters. The summed E-state index contributed by atoms with van der Waals surface area (Å²) in [7, 11) is 1.47. The maximum Gasteiger partial charge on any atom is 0.261 e. The van der Waals surface area contributed by atoms with Crippen LogP contribution in [0.4, 0.5) is 20.2 Å². The fourth-order valence-corrected chi connectivity index (χ4v) is 3.00. The van der Waals surface area contributed by atoms with Crippen molar-refractivity contribution in [3.63, 3.8) is 0 Å². The monoisotopic (exact) mass is 396 g/mol. The van der Waals surface area contributed by atoms with Crippen LogP contribution in [0, 0.1) is 17.0 Å². The van der Waals surface area contributed by atoms with Crippen LogP contribution in [0.15, 0.2) is 41.3 Å². The lowest BCUT2D eigenvalue weighted by atomic mass is 10.1. The zero-order valence-electron chi connectivity index (χ0n) is 15.0. The lowest BCUT2D eigenvalue weighted by Crippen LogP contribution is -2.18. The van der Waals surface area contributed by atoms with Crippen LogP contribution in [0.3, 0.4) is 0 Å². The first-order valence-electron chi connectivity index (χ1n) is 8.41. The molecule has 0 aliphatic heterocycles. The van der Waals surface area contributed by atoms with E-state index in [2.05, 4.69) is 25.8 Å². The molecule has 0 fully saturated rings. The van der Waals surface area contributed by atoms with Gasteiger partial charge in [-0.25, -0.2) is 13.8 Å². The molecule has 0 saturated carbocycles. The Morgan fingerprint density at radius 1 is 1.31 bits per heavy atom. The SMILES string of the molecule is CNc1cc(F)c(C(=O)Nc2ccc3[nH]nc(-c4cocn4)c3c2)c(F)c1C=N. The largest absolute Gasteiger partial charge is 0.451 e.